The number of hydrogen-bond acceptors (Lipinski definition) is 4. The van der Waals surface area contributed by atoms with Crippen LogP contribution < -0.4 is 5.32 Å². The Morgan fingerprint density at radius 1 is 1.13 bits per heavy atom. The number of anilines is 1. The smallest absolute Gasteiger partial charge is 0.271 e. The highest BCUT2D eigenvalue weighted by atomic mass is 16.2. The van der Waals surface area contributed by atoms with Gasteiger partial charge in [-0.15, -0.1) is 0 Å². The molecule has 0 unspecified atom stereocenters. The molecular weight excluding hydrogens is 292 g/mol. The zero-order valence-corrected chi connectivity index (χ0v) is 12.7. The monoisotopic (exact) mass is 308 g/mol. The largest absolute Gasteiger partial charge is 0.319 e. The number of rotatable bonds is 3. The maximum absolute atomic E-state index is 12.4. The first-order chi connectivity index (χ1) is 11.1. The number of amides is 2. The van der Waals surface area contributed by atoms with Crippen LogP contribution in [0.25, 0.3) is 11.3 Å². The normalized spacial score (nSPS) is 14.4. The van der Waals surface area contributed by atoms with Crippen molar-refractivity contribution in [3.05, 3.63) is 48.7 Å². The topological polar surface area (TPSA) is 74.7 Å². The highest BCUT2D eigenvalue weighted by molar-refractivity contribution is 6.43. The lowest BCUT2D eigenvalue weighted by atomic mass is 10.1. The molecule has 6 heteroatoms. The van der Waals surface area contributed by atoms with E-state index in [4.69, 9.17) is 0 Å². The number of pyridine rings is 1. The van der Waals surface area contributed by atoms with E-state index in [9.17, 15) is 9.59 Å². The molecule has 0 radical (unpaired) electrons. The number of hydrazone groups is 1. The number of nitrogens with zero attached hydrogens (tertiary/aromatic N) is 3. The minimum absolute atomic E-state index is 0.0899. The first-order valence-corrected chi connectivity index (χ1v) is 7.31. The van der Waals surface area contributed by atoms with Crippen molar-refractivity contribution in [3.8, 4) is 11.3 Å². The number of hydrogen-bond donors (Lipinski definition) is 1. The lowest BCUT2D eigenvalue weighted by Crippen LogP contribution is -2.34. The van der Waals surface area contributed by atoms with Crippen LogP contribution in [-0.4, -0.2) is 34.6 Å². The average molecular weight is 308 g/mol. The Hall–Kier alpha value is -3.02. The van der Waals surface area contributed by atoms with Crippen molar-refractivity contribution in [2.75, 3.05) is 12.4 Å². The van der Waals surface area contributed by atoms with Crippen LogP contribution in [0.15, 0.2) is 53.8 Å². The third-order valence-corrected chi connectivity index (χ3v) is 3.57. The first kappa shape index (κ1) is 14.9. The average Bonchev–Trinajstić information content (AvgIpc) is 2.58. The summed E-state index contributed by atoms with van der Waals surface area (Å²) in [6.07, 6.45) is 2.32. The van der Waals surface area contributed by atoms with Crippen LogP contribution in [0.2, 0.25) is 0 Å². The summed E-state index contributed by atoms with van der Waals surface area (Å²) in [6.45, 7) is 0. The van der Waals surface area contributed by atoms with Crippen LogP contribution >= 0.6 is 0 Å². The van der Waals surface area contributed by atoms with Crippen LogP contribution in [-0.2, 0) is 9.59 Å². The molecule has 2 amide bonds. The molecule has 2 heterocycles. The van der Waals surface area contributed by atoms with Gasteiger partial charge in [0.25, 0.3) is 5.91 Å². The van der Waals surface area contributed by atoms with Crippen molar-refractivity contribution in [1.29, 1.82) is 0 Å². The highest BCUT2D eigenvalue weighted by Gasteiger charge is 2.22. The van der Waals surface area contributed by atoms with Gasteiger partial charge in [-0.3, -0.25) is 14.6 Å². The van der Waals surface area contributed by atoms with E-state index in [2.05, 4.69) is 15.4 Å². The summed E-state index contributed by atoms with van der Waals surface area (Å²) in [5, 5.41) is 8.08. The Morgan fingerprint density at radius 2 is 1.91 bits per heavy atom. The van der Waals surface area contributed by atoms with Gasteiger partial charge in [0.1, 0.15) is 5.71 Å². The Bertz CT molecular complexity index is 771. The second-order valence-electron chi connectivity index (χ2n) is 5.18. The lowest BCUT2D eigenvalue weighted by molar-refractivity contribution is -0.130. The molecule has 1 N–H and O–H groups in total. The number of carbonyl (C=O) groups excluding carboxylic acids is 2. The fourth-order valence-electron chi connectivity index (χ4n) is 2.36. The predicted molar refractivity (Wildman–Crippen MR) is 87.7 cm³/mol. The molecule has 0 saturated carbocycles. The van der Waals surface area contributed by atoms with Crippen LogP contribution in [0.4, 0.5) is 5.69 Å². The van der Waals surface area contributed by atoms with E-state index in [-0.39, 0.29) is 11.8 Å². The minimum Gasteiger partial charge on any atom is -0.319 e. The number of carbonyl (C=O) groups is 2. The highest BCUT2D eigenvalue weighted by Crippen LogP contribution is 2.25. The standard InChI is InChI=1S/C17H16N4O2/c1-21-15(22)10-9-14(20-21)17(23)19-13-8-5-11-18-16(13)12-6-3-2-4-7-12/h2-8,11H,9-10H2,1H3,(H,19,23). The fraction of sp³-hybridized carbons (Fsp3) is 0.176. The molecule has 1 aromatic heterocycles. The molecule has 23 heavy (non-hydrogen) atoms. The maximum Gasteiger partial charge on any atom is 0.271 e. The molecule has 1 aliphatic heterocycles. The molecule has 6 nitrogen and oxygen atoms in total. The molecule has 0 spiro atoms. The van der Waals surface area contributed by atoms with Crippen molar-refractivity contribution in [3.63, 3.8) is 0 Å². The van der Waals surface area contributed by atoms with Crippen molar-refractivity contribution < 1.29 is 9.59 Å². The van der Waals surface area contributed by atoms with E-state index in [1.165, 1.54) is 5.01 Å². The van der Waals surface area contributed by atoms with E-state index < -0.39 is 0 Å². The van der Waals surface area contributed by atoms with Crippen molar-refractivity contribution in [1.82, 2.24) is 9.99 Å². The van der Waals surface area contributed by atoms with E-state index in [1.54, 1.807) is 25.4 Å². The summed E-state index contributed by atoms with van der Waals surface area (Å²) in [4.78, 5) is 28.2. The van der Waals surface area contributed by atoms with Gasteiger partial charge in [-0.2, -0.15) is 5.10 Å². The Balaban J connectivity index is 1.85. The van der Waals surface area contributed by atoms with Crippen molar-refractivity contribution in [2.45, 2.75) is 12.8 Å². The molecule has 0 aliphatic carbocycles. The van der Waals surface area contributed by atoms with Crippen molar-refractivity contribution >= 4 is 23.2 Å². The molecule has 0 bridgehead atoms. The van der Waals surface area contributed by atoms with Gasteiger partial charge < -0.3 is 5.32 Å². The van der Waals surface area contributed by atoms with Gasteiger partial charge in [-0.1, -0.05) is 30.3 Å². The Kier molecular flexibility index (Phi) is 4.14. The van der Waals surface area contributed by atoms with Gasteiger partial charge in [0, 0.05) is 31.6 Å². The second-order valence-corrected chi connectivity index (χ2v) is 5.18. The van der Waals surface area contributed by atoms with E-state index in [0.717, 1.165) is 5.56 Å². The van der Waals surface area contributed by atoms with Gasteiger partial charge in [-0.25, -0.2) is 5.01 Å². The molecule has 3 rings (SSSR count). The van der Waals surface area contributed by atoms with E-state index >= 15 is 0 Å². The lowest BCUT2D eigenvalue weighted by Gasteiger charge is -2.19. The molecule has 2 aromatic rings. The van der Waals surface area contributed by atoms with Gasteiger partial charge in [0.15, 0.2) is 0 Å². The fourth-order valence-corrected chi connectivity index (χ4v) is 2.36. The predicted octanol–water partition coefficient (Wildman–Crippen LogP) is 2.30. The Labute approximate surface area is 133 Å². The van der Waals surface area contributed by atoms with Crippen LogP contribution in [0.5, 0.6) is 0 Å². The van der Waals surface area contributed by atoms with Crippen molar-refractivity contribution in [2.24, 2.45) is 5.10 Å². The van der Waals surface area contributed by atoms with Crippen LogP contribution in [0.1, 0.15) is 12.8 Å². The molecule has 1 aromatic carbocycles. The van der Waals surface area contributed by atoms with Crippen LogP contribution in [0.3, 0.4) is 0 Å². The number of aromatic nitrogens is 1. The third-order valence-electron chi connectivity index (χ3n) is 3.57. The second kappa shape index (κ2) is 6.39. The molecule has 0 fully saturated rings. The van der Waals surface area contributed by atoms with Crippen LogP contribution in [0, 0.1) is 0 Å². The van der Waals surface area contributed by atoms with Gasteiger partial charge >= 0.3 is 0 Å². The first-order valence-electron chi connectivity index (χ1n) is 7.31. The zero-order valence-electron chi connectivity index (χ0n) is 12.7. The quantitative estimate of drug-likeness (QED) is 0.945. The summed E-state index contributed by atoms with van der Waals surface area (Å²) in [5.41, 5.74) is 2.57. The molecule has 1 aliphatic rings. The zero-order chi connectivity index (χ0) is 16.2. The number of nitrogens with one attached hydrogen (secondary N) is 1. The summed E-state index contributed by atoms with van der Waals surface area (Å²) in [7, 11) is 1.55. The third kappa shape index (κ3) is 3.26. The molecule has 116 valence electrons. The summed E-state index contributed by atoms with van der Waals surface area (Å²) in [5.74, 6) is -0.401. The van der Waals surface area contributed by atoms with E-state index in [1.807, 2.05) is 30.3 Å². The summed E-state index contributed by atoms with van der Waals surface area (Å²) < 4.78 is 0. The van der Waals surface area contributed by atoms with Gasteiger partial charge in [0.05, 0.1) is 11.4 Å². The van der Waals surface area contributed by atoms with Gasteiger partial charge in [-0.05, 0) is 12.1 Å². The molecule has 0 saturated heterocycles. The van der Waals surface area contributed by atoms with E-state index in [0.29, 0.717) is 29.9 Å². The number of benzene rings is 1. The Morgan fingerprint density at radius 3 is 2.65 bits per heavy atom. The van der Waals surface area contributed by atoms with Gasteiger partial charge in [0.2, 0.25) is 5.91 Å². The molecular formula is C17H16N4O2. The SMILES string of the molecule is CN1N=C(C(=O)Nc2cccnc2-c2ccccc2)CCC1=O. The summed E-state index contributed by atoms with van der Waals surface area (Å²) >= 11 is 0. The summed E-state index contributed by atoms with van der Waals surface area (Å²) in [6, 6.07) is 13.2. The molecule has 0 atom stereocenters. The minimum atomic E-state index is -0.311. The maximum atomic E-state index is 12.4.